The molecule has 0 spiro atoms. The SMILES string of the molecule is CCOC(=O)C1CCC(O)(CNCC2CC2C)CC1. The number of hydrogen-bond acceptors (Lipinski definition) is 4. The van der Waals surface area contributed by atoms with Gasteiger partial charge in [-0.3, -0.25) is 4.79 Å². The third-order valence-corrected chi connectivity index (χ3v) is 4.67. The van der Waals surface area contributed by atoms with Gasteiger partial charge in [0.25, 0.3) is 0 Å². The number of aliphatic hydroxyl groups is 1. The van der Waals surface area contributed by atoms with Crippen LogP contribution >= 0.6 is 0 Å². The van der Waals surface area contributed by atoms with Crippen molar-refractivity contribution in [2.45, 2.75) is 51.6 Å². The van der Waals surface area contributed by atoms with Crippen LogP contribution < -0.4 is 5.32 Å². The zero-order valence-corrected chi connectivity index (χ0v) is 12.2. The molecule has 2 unspecified atom stereocenters. The van der Waals surface area contributed by atoms with Crippen molar-refractivity contribution in [3.63, 3.8) is 0 Å². The zero-order valence-electron chi connectivity index (χ0n) is 12.2. The van der Waals surface area contributed by atoms with Crippen molar-refractivity contribution in [1.82, 2.24) is 5.32 Å². The number of ether oxygens (including phenoxy) is 1. The smallest absolute Gasteiger partial charge is 0.308 e. The maximum Gasteiger partial charge on any atom is 0.308 e. The summed E-state index contributed by atoms with van der Waals surface area (Å²) in [4.78, 5) is 11.6. The van der Waals surface area contributed by atoms with E-state index in [1.807, 2.05) is 6.92 Å². The van der Waals surface area contributed by atoms with E-state index in [0.717, 1.165) is 31.2 Å². The van der Waals surface area contributed by atoms with Crippen LogP contribution in [0.25, 0.3) is 0 Å². The predicted molar refractivity (Wildman–Crippen MR) is 73.7 cm³/mol. The fourth-order valence-electron chi connectivity index (χ4n) is 3.00. The van der Waals surface area contributed by atoms with Gasteiger partial charge in [-0.25, -0.2) is 0 Å². The number of rotatable bonds is 6. The van der Waals surface area contributed by atoms with Gasteiger partial charge >= 0.3 is 5.97 Å². The van der Waals surface area contributed by atoms with Crippen molar-refractivity contribution < 1.29 is 14.6 Å². The molecule has 2 rings (SSSR count). The Morgan fingerprint density at radius 3 is 2.58 bits per heavy atom. The van der Waals surface area contributed by atoms with Crippen LogP contribution in [-0.2, 0) is 9.53 Å². The van der Waals surface area contributed by atoms with Crippen LogP contribution in [0.4, 0.5) is 0 Å². The summed E-state index contributed by atoms with van der Waals surface area (Å²) in [6, 6.07) is 0. The summed E-state index contributed by atoms with van der Waals surface area (Å²) >= 11 is 0. The van der Waals surface area contributed by atoms with E-state index in [0.29, 0.717) is 26.0 Å². The van der Waals surface area contributed by atoms with Gasteiger partial charge < -0.3 is 15.2 Å². The molecular weight excluding hydrogens is 242 g/mol. The van der Waals surface area contributed by atoms with Crippen molar-refractivity contribution in [3.8, 4) is 0 Å². The summed E-state index contributed by atoms with van der Waals surface area (Å²) < 4.78 is 5.05. The Hall–Kier alpha value is -0.610. The van der Waals surface area contributed by atoms with Crippen LogP contribution in [0.3, 0.4) is 0 Å². The summed E-state index contributed by atoms with van der Waals surface area (Å²) in [6.45, 7) is 6.22. The Morgan fingerprint density at radius 2 is 2.05 bits per heavy atom. The average Bonchev–Trinajstić information content (AvgIpc) is 3.06. The Balaban J connectivity index is 1.67. The molecule has 2 atom stereocenters. The summed E-state index contributed by atoms with van der Waals surface area (Å²) in [5.41, 5.74) is -0.624. The lowest BCUT2D eigenvalue weighted by atomic mass is 9.79. The summed E-state index contributed by atoms with van der Waals surface area (Å²) in [6.07, 6.45) is 4.21. The summed E-state index contributed by atoms with van der Waals surface area (Å²) in [5.74, 6) is 1.55. The van der Waals surface area contributed by atoms with E-state index in [9.17, 15) is 9.90 Å². The van der Waals surface area contributed by atoms with Crippen LogP contribution in [0.2, 0.25) is 0 Å². The standard InChI is InChI=1S/C15H27NO3/c1-3-19-14(17)12-4-6-15(18,7-5-12)10-16-9-13-8-11(13)2/h11-13,16,18H,3-10H2,1-2H3. The van der Waals surface area contributed by atoms with Crippen LogP contribution in [0, 0.1) is 17.8 Å². The van der Waals surface area contributed by atoms with Crippen molar-refractivity contribution >= 4 is 5.97 Å². The molecule has 0 amide bonds. The van der Waals surface area contributed by atoms with Crippen LogP contribution in [-0.4, -0.2) is 36.4 Å². The fraction of sp³-hybridized carbons (Fsp3) is 0.933. The summed E-state index contributed by atoms with van der Waals surface area (Å²) in [7, 11) is 0. The first-order valence-electron chi connectivity index (χ1n) is 7.64. The van der Waals surface area contributed by atoms with E-state index < -0.39 is 5.60 Å². The third-order valence-electron chi connectivity index (χ3n) is 4.67. The van der Waals surface area contributed by atoms with Gasteiger partial charge in [-0.15, -0.1) is 0 Å². The van der Waals surface area contributed by atoms with Crippen LogP contribution in [0.15, 0.2) is 0 Å². The molecular formula is C15H27NO3. The lowest BCUT2D eigenvalue weighted by molar-refractivity contribution is -0.151. The van der Waals surface area contributed by atoms with Gasteiger partial charge in [-0.2, -0.15) is 0 Å². The maximum atomic E-state index is 11.6. The zero-order chi connectivity index (χ0) is 13.9. The highest BCUT2D eigenvalue weighted by molar-refractivity contribution is 5.72. The number of carbonyl (C=O) groups excluding carboxylic acids is 1. The second kappa shape index (κ2) is 6.23. The van der Waals surface area contributed by atoms with E-state index in [2.05, 4.69) is 12.2 Å². The minimum atomic E-state index is -0.624. The molecule has 0 heterocycles. The molecule has 4 heteroatoms. The average molecular weight is 269 g/mol. The monoisotopic (exact) mass is 269 g/mol. The topological polar surface area (TPSA) is 58.6 Å². The largest absolute Gasteiger partial charge is 0.466 e. The normalized spacial score (nSPS) is 37.9. The van der Waals surface area contributed by atoms with E-state index >= 15 is 0 Å². The molecule has 0 radical (unpaired) electrons. The Morgan fingerprint density at radius 1 is 1.42 bits per heavy atom. The quantitative estimate of drug-likeness (QED) is 0.721. The Kier molecular flexibility index (Phi) is 4.85. The molecule has 0 saturated heterocycles. The van der Waals surface area contributed by atoms with Crippen LogP contribution in [0.5, 0.6) is 0 Å². The van der Waals surface area contributed by atoms with E-state index in [-0.39, 0.29) is 11.9 Å². The van der Waals surface area contributed by atoms with E-state index in [4.69, 9.17) is 4.74 Å². The van der Waals surface area contributed by atoms with Crippen molar-refractivity contribution in [1.29, 1.82) is 0 Å². The van der Waals surface area contributed by atoms with Crippen molar-refractivity contribution in [3.05, 3.63) is 0 Å². The third kappa shape index (κ3) is 4.18. The summed E-state index contributed by atoms with van der Waals surface area (Å²) in [5, 5.41) is 13.9. The Labute approximate surface area is 115 Å². The maximum absolute atomic E-state index is 11.6. The highest BCUT2D eigenvalue weighted by Crippen LogP contribution is 2.37. The van der Waals surface area contributed by atoms with Gasteiger partial charge in [0.15, 0.2) is 0 Å². The number of nitrogens with one attached hydrogen (secondary N) is 1. The van der Waals surface area contributed by atoms with Gasteiger partial charge in [-0.1, -0.05) is 6.92 Å². The molecule has 19 heavy (non-hydrogen) atoms. The molecule has 0 aliphatic heterocycles. The van der Waals surface area contributed by atoms with Gasteiger partial charge in [0.1, 0.15) is 0 Å². The number of esters is 1. The molecule has 2 saturated carbocycles. The molecule has 0 aromatic rings. The van der Waals surface area contributed by atoms with Gasteiger partial charge in [-0.05, 0) is 57.4 Å². The first-order chi connectivity index (χ1) is 9.04. The Bertz CT molecular complexity index is 311. The molecule has 0 aromatic carbocycles. The van der Waals surface area contributed by atoms with Gasteiger partial charge in [0, 0.05) is 6.54 Å². The second-order valence-corrected chi connectivity index (χ2v) is 6.35. The fourth-order valence-corrected chi connectivity index (χ4v) is 3.00. The number of hydrogen-bond donors (Lipinski definition) is 2. The minimum absolute atomic E-state index is 0.0105. The molecule has 0 aromatic heterocycles. The van der Waals surface area contributed by atoms with Gasteiger partial charge in [0.05, 0.1) is 18.1 Å². The van der Waals surface area contributed by atoms with Gasteiger partial charge in [0.2, 0.25) is 0 Å². The first-order valence-corrected chi connectivity index (χ1v) is 7.64. The number of carbonyl (C=O) groups is 1. The van der Waals surface area contributed by atoms with Crippen molar-refractivity contribution in [2.75, 3.05) is 19.7 Å². The molecule has 2 N–H and O–H groups in total. The first kappa shape index (κ1) is 14.8. The van der Waals surface area contributed by atoms with E-state index in [1.165, 1.54) is 6.42 Å². The van der Waals surface area contributed by atoms with Crippen molar-refractivity contribution in [2.24, 2.45) is 17.8 Å². The highest BCUT2D eigenvalue weighted by Gasteiger charge is 2.37. The molecule has 110 valence electrons. The lowest BCUT2D eigenvalue weighted by Gasteiger charge is -2.35. The molecule has 2 aliphatic rings. The molecule has 2 fully saturated rings. The molecule has 2 aliphatic carbocycles. The van der Waals surface area contributed by atoms with E-state index in [1.54, 1.807) is 0 Å². The molecule has 0 bridgehead atoms. The molecule has 4 nitrogen and oxygen atoms in total. The minimum Gasteiger partial charge on any atom is -0.466 e. The second-order valence-electron chi connectivity index (χ2n) is 6.35. The predicted octanol–water partition coefficient (Wildman–Crippen LogP) is 1.72. The lowest BCUT2D eigenvalue weighted by Crippen LogP contribution is -2.45. The highest BCUT2D eigenvalue weighted by atomic mass is 16.5. The van der Waals surface area contributed by atoms with Crippen LogP contribution in [0.1, 0.15) is 46.0 Å².